The Morgan fingerprint density at radius 1 is 1.04 bits per heavy atom. The van der Waals surface area contributed by atoms with E-state index in [1.54, 1.807) is 17.0 Å². The van der Waals surface area contributed by atoms with Crippen molar-refractivity contribution in [3.8, 4) is 5.75 Å². The standard InChI is InChI=1S/C36H42FN5O3/c1-24(31-22-38-32-9-5-4-8-30(31)32)34(35(43)42-18-6-7-26-11-10-25(21-33(26)42)23-40(2)3)39-36(44)41-19-16-29(17-20-41)45-28-14-12-27(37)13-15-28/h4-5,8-15,21-22,24,29,34,38H,6-7,16-20,23H2,1-3H3,(H,39,44)/t24-,34+/m0/s1. The first-order valence-corrected chi connectivity index (χ1v) is 15.9. The molecule has 0 unspecified atom stereocenters. The summed E-state index contributed by atoms with van der Waals surface area (Å²) >= 11 is 0. The highest BCUT2D eigenvalue weighted by Gasteiger charge is 2.36. The number of hydrogen-bond acceptors (Lipinski definition) is 4. The van der Waals surface area contributed by atoms with Crippen molar-refractivity contribution < 1.29 is 18.7 Å². The molecule has 0 bridgehead atoms. The summed E-state index contributed by atoms with van der Waals surface area (Å²) in [6.45, 7) is 4.41. The molecule has 1 fully saturated rings. The molecule has 3 heterocycles. The number of aromatic amines is 1. The minimum atomic E-state index is -0.770. The fraction of sp³-hybridized carbons (Fsp3) is 0.389. The quantitative estimate of drug-likeness (QED) is 0.253. The van der Waals surface area contributed by atoms with Crippen molar-refractivity contribution in [1.82, 2.24) is 20.1 Å². The second kappa shape index (κ2) is 13.3. The molecule has 45 heavy (non-hydrogen) atoms. The average molecular weight is 612 g/mol. The third-order valence-electron chi connectivity index (χ3n) is 9.04. The first-order chi connectivity index (χ1) is 21.8. The highest BCUT2D eigenvalue weighted by molar-refractivity contribution is 6.01. The molecule has 2 aliphatic heterocycles. The Morgan fingerprint density at radius 2 is 1.80 bits per heavy atom. The van der Waals surface area contributed by atoms with Gasteiger partial charge in [-0.15, -0.1) is 0 Å². The van der Waals surface area contributed by atoms with Crippen LogP contribution >= 0.6 is 0 Å². The smallest absolute Gasteiger partial charge is 0.318 e. The lowest BCUT2D eigenvalue weighted by Gasteiger charge is -2.37. The lowest BCUT2D eigenvalue weighted by atomic mass is 9.90. The van der Waals surface area contributed by atoms with E-state index in [0.29, 0.717) is 38.2 Å². The summed E-state index contributed by atoms with van der Waals surface area (Å²) in [7, 11) is 4.07. The number of nitrogens with one attached hydrogen (secondary N) is 2. The van der Waals surface area contributed by atoms with Gasteiger partial charge in [0.1, 0.15) is 23.7 Å². The summed E-state index contributed by atoms with van der Waals surface area (Å²) in [6, 6.07) is 19.5. The average Bonchev–Trinajstić information content (AvgIpc) is 3.48. The third kappa shape index (κ3) is 6.83. The number of nitrogens with zero attached hydrogens (tertiary/aromatic N) is 3. The van der Waals surface area contributed by atoms with Crippen LogP contribution in [0.3, 0.4) is 0 Å². The molecule has 236 valence electrons. The Hall–Kier alpha value is -4.37. The normalized spacial score (nSPS) is 16.8. The van der Waals surface area contributed by atoms with Crippen LogP contribution in [0.25, 0.3) is 10.9 Å². The third-order valence-corrected chi connectivity index (χ3v) is 9.04. The number of carbonyl (C=O) groups is 2. The molecule has 3 amide bonds. The number of halogens is 1. The zero-order valence-electron chi connectivity index (χ0n) is 26.3. The van der Waals surface area contributed by atoms with E-state index in [4.69, 9.17) is 4.74 Å². The SMILES string of the molecule is C[C@@H](c1c[nH]c2ccccc12)[C@@H](NC(=O)N1CCC(Oc2ccc(F)cc2)CC1)C(=O)N1CCCc2ccc(CN(C)C)cc21. The maximum atomic E-state index is 14.6. The molecule has 0 saturated carbocycles. The molecule has 6 rings (SSSR count). The number of likely N-dealkylation sites (tertiary alicyclic amines) is 1. The first kappa shape index (κ1) is 30.6. The van der Waals surface area contributed by atoms with Gasteiger partial charge in [-0.1, -0.05) is 37.3 Å². The van der Waals surface area contributed by atoms with Crippen LogP contribution in [0.15, 0.2) is 72.9 Å². The highest BCUT2D eigenvalue weighted by Crippen LogP contribution is 2.33. The number of urea groups is 1. The van der Waals surface area contributed by atoms with Crippen molar-refractivity contribution in [2.75, 3.05) is 38.6 Å². The van der Waals surface area contributed by atoms with E-state index in [0.717, 1.165) is 52.7 Å². The number of ether oxygens (including phenoxy) is 1. The molecule has 2 aliphatic rings. The van der Waals surface area contributed by atoms with Gasteiger partial charge < -0.3 is 29.7 Å². The van der Waals surface area contributed by atoms with Crippen LogP contribution < -0.4 is 15.0 Å². The summed E-state index contributed by atoms with van der Waals surface area (Å²) in [4.78, 5) is 37.5. The van der Waals surface area contributed by atoms with Crippen molar-refractivity contribution in [1.29, 1.82) is 0 Å². The van der Waals surface area contributed by atoms with E-state index >= 15 is 0 Å². The zero-order valence-corrected chi connectivity index (χ0v) is 26.3. The molecular formula is C36H42FN5O3. The number of H-pyrrole nitrogens is 1. The Kier molecular flexibility index (Phi) is 9.07. The largest absolute Gasteiger partial charge is 0.490 e. The maximum Gasteiger partial charge on any atom is 0.318 e. The molecule has 1 aromatic heterocycles. The summed E-state index contributed by atoms with van der Waals surface area (Å²) in [5.74, 6) is -0.0687. The van der Waals surface area contributed by atoms with Crippen LogP contribution in [0.5, 0.6) is 5.75 Å². The Bertz CT molecular complexity index is 1640. The van der Waals surface area contributed by atoms with Crippen molar-refractivity contribution in [3.63, 3.8) is 0 Å². The van der Waals surface area contributed by atoms with Gasteiger partial charge in [-0.2, -0.15) is 0 Å². The maximum absolute atomic E-state index is 14.6. The zero-order chi connectivity index (χ0) is 31.5. The Balaban J connectivity index is 1.23. The molecule has 0 spiro atoms. The van der Waals surface area contributed by atoms with Gasteiger partial charge in [-0.25, -0.2) is 9.18 Å². The first-order valence-electron chi connectivity index (χ1n) is 15.9. The van der Waals surface area contributed by atoms with E-state index in [2.05, 4.69) is 39.5 Å². The second-order valence-corrected chi connectivity index (χ2v) is 12.6. The second-order valence-electron chi connectivity index (χ2n) is 12.6. The topological polar surface area (TPSA) is 80.9 Å². The van der Waals surface area contributed by atoms with Crippen molar-refractivity contribution in [2.24, 2.45) is 0 Å². The lowest BCUT2D eigenvalue weighted by molar-refractivity contribution is -0.121. The van der Waals surface area contributed by atoms with Crippen LogP contribution in [-0.2, 0) is 17.8 Å². The molecule has 1 saturated heterocycles. The number of hydrogen-bond donors (Lipinski definition) is 2. The molecule has 4 aromatic rings. The van der Waals surface area contributed by atoms with Crippen LogP contribution in [0.4, 0.5) is 14.9 Å². The Labute approximate surface area is 264 Å². The summed E-state index contributed by atoms with van der Waals surface area (Å²) in [6.07, 6.45) is 4.98. The number of carbonyl (C=O) groups excluding carboxylic acids is 2. The van der Waals surface area contributed by atoms with Gasteiger partial charge in [0.05, 0.1) is 0 Å². The van der Waals surface area contributed by atoms with Crippen molar-refractivity contribution >= 4 is 28.5 Å². The monoisotopic (exact) mass is 611 g/mol. The number of piperidine rings is 1. The van der Waals surface area contributed by atoms with Crippen LogP contribution in [0.1, 0.15) is 48.8 Å². The van der Waals surface area contributed by atoms with Gasteiger partial charge in [-0.3, -0.25) is 4.79 Å². The number of rotatable bonds is 8. The number of aromatic nitrogens is 1. The number of anilines is 1. The minimum Gasteiger partial charge on any atom is -0.490 e. The van der Waals surface area contributed by atoms with Gasteiger partial charge in [0.25, 0.3) is 0 Å². The van der Waals surface area contributed by atoms with E-state index in [1.165, 1.54) is 12.1 Å². The van der Waals surface area contributed by atoms with Crippen LogP contribution in [0, 0.1) is 5.82 Å². The van der Waals surface area contributed by atoms with E-state index < -0.39 is 6.04 Å². The Morgan fingerprint density at radius 3 is 2.56 bits per heavy atom. The molecule has 3 aromatic carbocycles. The molecule has 0 aliphatic carbocycles. The summed E-state index contributed by atoms with van der Waals surface area (Å²) in [5.41, 5.74) is 5.24. The molecule has 9 heteroatoms. The van der Waals surface area contributed by atoms with E-state index in [9.17, 15) is 14.0 Å². The van der Waals surface area contributed by atoms with Gasteiger partial charge in [0.15, 0.2) is 0 Å². The highest BCUT2D eigenvalue weighted by atomic mass is 19.1. The molecular weight excluding hydrogens is 569 g/mol. The van der Waals surface area contributed by atoms with Gasteiger partial charge in [-0.05, 0) is 80.0 Å². The molecule has 8 nitrogen and oxygen atoms in total. The number of amides is 3. The van der Waals surface area contributed by atoms with Crippen molar-refractivity contribution in [3.05, 3.63) is 95.4 Å². The fourth-order valence-corrected chi connectivity index (χ4v) is 6.64. The lowest BCUT2D eigenvalue weighted by Crippen LogP contribution is -2.56. The number of fused-ring (bicyclic) bond motifs is 2. The number of aryl methyl sites for hydroxylation is 1. The van der Waals surface area contributed by atoms with Gasteiger partial charge in [0, 0.05) is 67.7 Å². The molecule has 2 atom stereocenters. The number of benzene rings is 3. The summed E-state index contributed by atoms with van der Waals surface area (Å²) < 4.78 is 19.3. The minimum absolute atomic E-state index is 0.0664. The predicted octanol–water partition coefficient (Wildman–Crippen LogP) is 6.07. The summed E-state index contributed by atoms with van der Waals surface area (Å²) in [5, 5.41) is 4.22. The van der Waals surface area contributed by atoms with E-state index in [-0.39, 0.29) is 29.8 Å². The van der Waals surface area contributed by atoms with Crippen LogP contribution in [-0.4, -0.2) is 72.6 Å². The molecule has 2 N–H and O–H groups in total. The van der Waals surface area contributed by atoms with Crippen LogP contribution in [0.2, 0.25) is 0 Å². The molecule has 0 radical (unpaired) electrons. The van der Waals surface area contributed by atoms with E-state index in [1.807, 2.05) is 50.3 Å². The van der Waals surface area contributed by atoms with Gasteiger partial charge in [0.2, 0.25) is 5.91 Å². The predicted molar refractivity (Wildman–Crippen MR) is 175 cm³/mol. The van der Waals surface area contributed by atoms with Gasteiger partial charge >= 0.3 is 6.03 Å². The number of para-hydroxylation sites is 1. The fourth-order valence-electron chi connectivity index (χ4n) is 6.64. The van der Waals surface area contributed by atoms with Crippen molar-refractivity contribution in [2.45, 2.75) is 57.2 Å².